The summed E-state index contributed by atoms with van der Waals surface area (Å²) in [5.74, 6) is 0.706. The Morgan fingerprint density at radius 1 is 0.938 bits per heavy atom. The van der Waals surface area contributed by atoms with Gasteiger partial charge in [-0.2, -0.15) is 4.31 Å². The maximum Gasteiger partial charge on any atom is 0.319 e. The van der Waals surface area contributed by atoms with E-state index in [1.54, 1.807) is 41.0 Å². The Bertz CT molecular complexity index is 1000. The molecular formula is C22H30N6O3S. The molecule has 9 nitrogen and oxygen atoms in total. The first-order valence-corrected chi connectivity index (χ1v) is 12.7. The molecule has 2 fully saturated rings. The quantitative estimate of drug-likeness (QED) is 0.713. The summed E-state index contributed by atoms with van der Waals surface area (Å²) in [7, 11) is -3.56. The lowest BCUT2D eigenvalue weighted by atomic mass is 10.1. The third-order valence-electron chi connectivity index (χ3n) is 5.96. The van der Waals surface area contributed by atoms with Crippen LogP contribution in [0.3, 0.4) is 0 Å². The second-order valence-electron chi connectivity index (χ2n) is 8.25. The molecule has 2 aliphatic rings. The molecule has 32 heavy (non-hydrogen) atoms. The first kappa shape index (κ1) is 22.5. The molecule has 2 N–H and O–H groups in total. The zero-order valence-corrected chi connectivity index (χ0v) is 18.9. The van der Waals surface area contributed by atoms with Crippen LogP contribution >= 0.6 is 0 Å². The molecule has 4 rings (SSSR count). The molecule has 0 aliphatic carbocycles. The lowest BCUT2D eigenvalue weighted by Gasteiger charge is -2.32. The highest BCUT2D eigenvalue weighted by Crippen LogP contribution is 2.23. The van der Waals surface area contributed by atoms with Crippen molar-refractivity contribution in [3.63, 3.8) is 0 Å². The molecule has 2 aliphatic heterocycles. The predicted octanol–water partition coefficient (Wildman–Crippen LogP) is 2.83. The molecular weight excluding hydrogens is 428 g/mol. The van der Waals surface area contributed by atoms with Gasteiger partial charge >= 0.3 is 6.03 Å². The van der Waals surface area contributed by atoms with E-state index in [4.69, 9.17) is 0 Å². The molecule has 1 aromatic heterocycles. The number of anilines is 2. The van der Waals surface area contributed by atoms with E-state index < -0.39 is 10.0 Å². The molecule has 10 heteroatoms. The van der Waals surface area contributed by atoms with Gasteiger partial charge in [0.25, 0.3) is 0 Å². The molecule has 1 aromatic carbocycles. The van der Waals surface area contributed by atoms with Crippen molar-refractivity contribution in [3.05, 3.63) is 42.7 Å². The van der Waals surface area contributed by atoms with Gasteiger partial charge < -0.3 is 15.5 Å². The summed E-state index contributed by atoms with van der Waals surface area (Å²) in [6.45, 7) is 2.62. The van der Waals surface area contributed by atoms with Crippen LogP contribution in [0.25, 0.3) is 0 Å². The molecule has 2 saturated heterocycles. The highest BCUT2D eigenvalue weighted by atomic mass is 32.2. The summed E-state index contributed by atoms with van der Waals surface area (Å²) in [5.41, 5.74) is 0.466. The molecule has 0 atom stereocenters. The number of rotatable bonds is 5. The van der Waals surface area contributed by atoms with Crippen LogP contribution in [0.2, 0.25) is 0 Å². The van der Waals surface area contributed by atoms with Crippen LogP contribution < -0.4 is 15.5 Å². The lowest BCUT2D eigenvalue weighted by Crippen LogP contribution is -2.46. The topological polar surface area (TPSA) is 108 Å². The number of urea groups is 1. The highest BCUT2D eigenvalue weighted by molar-refractivity contribution is 7.89. The highest BCUT2D eigenvalue weighted by Gasteiger charge is 2.26. The second kappa shape index (κ2) is 10.3. The SMILES string of the molecule is O=C(Nc1cccc(S(=O)(=O)N2CCCCCC2)c1)NC1CCN(c2ncccn2)CC1. The Kier molecular flexibility index (Phi) is 7.21. The molecule has 2 aromatic rings. The number of hydrogen-bond acceptors (Lipinski definition) is 6. The number of nitrogens with zero attached hydrogens (tertiary/aromatic N) is 4. The number of carbonyl (C=O) groups excluding carboxylic acids is 1. The number of amides is 2. The Labute approximate surface area is 189 Å². The largest absolute Gasteiger partial charge is 0.341 e. The van der Waals surface area contributed by atoms with E-state index in [1.165, 1.54) is 6.07 Å². The van der Waals surface area contributed by atoms with Gasteiger partial charge in [0, 0.05) is 50.3 Å². The molecule has 3 heterocycles. The van der Waals surface area contributed by atoms with Crippen LogP contribution in [0, 0.1) is 0 Å². The maximum absolute atomic E-state index is 13.0. The number of carbonyl (C=O) groups is 1. The average Bonchev–Trinajstić information content (AvgIpc) is 3.11. The molecule has 2 amide bonds. The summed E-state index contributed by atoms with van der Waals surface area (Å²) in [6, 6.07) is 7.99. The second-order valence-corrected chi connectivity index (χ2v) is 10.2. The van der Waals surface area contributed by atoms with Crippen molar-refractivity contribution in [2.24, 2.45) is 0 Å². The number of sulfonamides is 1. The van der Waals surface area contributed by atoms with E-state index >= 15 is 0 Å². The van der Waals surface area contributed by atoms with Crippen molar-refractivity contribution in [2.45, 2.75) is 49.5 Å². The van der Waals surface area contributed by atoms with Gasteiger partial charge in [-0.3, -0.25) is 0 Å². The first-order chi connectivity index (χ1) is 15.5. The van der Waals surface area contributed by atoms with E-state index in [1.807, 2.05) is 0 Å². The standard InChI is InChI=1S/C22H30N6O3S/c29-22(25-18-9-15-27(16-10-18)21-23-11-6-12-24-21)26-19-7-5-8-20(17-19)32(30,31)28-13-3-1-2-4-14-28/h5-8,11-12,17-18H,1-4,9-10,13-16H2,(H2,25,26,29). The fraction of sp³-hybridized carbons (Fsp3) is 0.500. The van der Waals surface area contributed by atoms with Crippen LogP contribution in [-0.4, -0.2) is 60.9 Å². The molecule has 0 unspecified atom stereocenters. The van der Waals surface area contributed by atoms with E-state index in [0.29, 0.717) is 24.7 Å². The average molecular weight is 459 g/mol. The van der Waals surface area contributed by atoms with Crippen LogP contribution in [0.15, 0.2) is 47.6 Å². The van der Waals surface area contributed by atoms with Crippen molar-refractivity contribution in [1.82, 2.24) is 19.6 Å². The number of benzene rings is 1. The third kappa shape index (κ3) is 5.55. The molecule has 0 saturated carbocycles. The van der Waals surface area contributed by atoms with E-state index in [-0.39, 0.29) is 17.0 Å². The van der Waals surface area contributed by atoms with Gasteiger partial charge in [-0.05, 0) is 49.9 Å². The molecule has 0 spiro atoms. The predicted molar refractivity (Wildman–Crippen MR) is 123 cm³/mol. The van der Waals surface area contributed by atoms with Crippen LogP contribution in [0.5, 0.6) is 0 Å². The molecule has 0 radical (unpaired) electrons. The summed E-state index contributed by atoms with van der Waals surface area (Å²) >= 11 is 0. The Morgan fingerprint density at radius 2 is 1.62 bits per heavy atom. The zero-order valence-electron chi connectivity index (χ0n) is 18.1. The zero-order chi connectivity index (χ0) is 22.4. The van der Waals surface area contributed by atoms with Gasteiger partial charge in [-0.1, -0.05) is 18.9 Å². The molecule has 0 bridgehead atoms. The van der Waals surface area contributed by atoms with Gasteiger partial charge in [0.2, 0.25) is 16.0 Å². The number of aromatic nitrogens is 2. The van der Waals surface area contributed by atoms with Crippen molar-refractivity contribution in [1.29, 1.82) is 0 Å². The Balaban J connectivity index is 1.32. The molecule has 172 valence electrons. The number of hydrogen-bond donors (Lipinski definition) is 2. The van der Waals surface area contributed by atoms with Gasteiger partial charge in [0.15, 0.2) is 0 Å². The minimum absolute atomic E-state index is 0.0407. The lowest BCUT2D eigenvalue weighted by molar-refractivity contribution is 0.246. The third-order valence-corrected chi connectivity index (χ3v) is 7.85. The van der Waals surface area contributed by atoms with Crippen LogP contribution in [0.1, 0.15) is 38.5 Å². The minimum atomic E-state index is -3.56. The van der Waals surface area contributed by atoms with Gasteiger partial charge in [-0.25, -0.2) is 23.2 Å². The normalized spacial score (nSPS) is 18.7. The number of piperidine rings is 1. The van der Waals surface area contributed by atoms with Crippen molar-refractivity contribution < 1.29 is 13.2 Å². The Hall–Kier alpha value is -2.72. The van der Waals surface area contributed by atoms with Crippen LogP contribution in [-0.2, 0) is 10.0 Å². The van der Waals surface area contributed by atoms with Gasteiger partial charge in [0.05, 0.1) is 4.90 Å². The summed E-state index contributed by atoms with van der Waals surface area (Å²) in [5, 5.41) is 5.78. The van der Waals surface area contributed by atoms with Crippen molar-refractivity contribution >= 4 is 27.7 Å². The number of nitrogens with one attached hydrogen (secondary N) is 2. The Morgan fingerprint density at radius 3 is 2.31 bits per heavy atom. The minimum Gasteiger partial charge on any atom is -0.341 e. The smallest absolute Gasteiger partial charge is 0.319 e. The fourth-order valence-electron chi connectivity index (χ4n) is 4.20. The van der Waals surface area contributed by atoms with E-state index in [9.17, 15) is 13.2 Å². The van der Waals surface area contributed by atoms with E-state index in [2.05, 4.69) is 25.5 Å². The van der Waals surface area contributed by atoms with E-state index in [0.717, 1.165) is 51.6 Å². The maximum atomic E-state index is 13.0. The van der Waals surface area contributed by atoms with Gasteiger partial charge in [-0.15, -0.1) is 0 Å². The van der Waals surface area contributed by atoms with Crippen molar-refractivity contribution in [3.8, 4) is 0 Å². The summed E-state index contributed by atoms with van der Waals surface area (Å²) in [4.78, 5) is 23.4. The van der Waals surface area contributed by atoms with Crippen molar-refractivity contribution in [2.75, 3.05) is 36.4 Å². The summed E-state index contributed by atoms with van der Waals surface area (Å²) in [6.07, 6.45) is 8.91. The van der Waals surface area contributed by atoms with Gasteiger partial charge in [0.1, 0.15) is 0 Å². The monoisotopic (exact) mass is 458 g/mol. The van der Waals surface area contributed by atoms with Crippen LogP contribution in [0.4, 0.5) is 16.4 Å². The summed E-state index contributed by atoms with van der Waals surface area (Å²) < 4.78 is 27.6. The fourth-order valence-corrected chi connectivity index (χ4v) is 5.76. The first-order valence-electron chi connectivity index (χ1n) is 11.2.